The van der Waals surface area contributed by atoms with Crippen molar-refractivity contribution >= 4 is 29.2 Å². The Morgan fingerprint density at radius 2 is 1.74 bits per heavy atom. The first kappa shape index (κ1) is 20.7. The molecule has 0 unspecified atom stereocenters. The van der Waals surface area contributed by atoms with Gasteiger partial charge in [0.25, 0.3) is 0 Å². The van der Waals surface area contributed by atoms with Crippen LogP contribution in [0, 0.1) is 6.92 Å². The van der Waals surface area contributed by atoms with Crippen molar-refractivity contribution in [1.82, 2.24) is 0 Å². The second kappa shape index (κ2) is 8.66. The van der Waals surface area contributed by atoms with E-state index in [1.807, 2.05) is 6.92 Å². The SMILES string of the molecule is COc1ccc(C(=O)COc2cc(C)c3c(c2)O/C(=C\c2ccc(Cl)cc2)C3=O)cc1. The average Bonchev–Trinajstić information content (AvgIpc) is 3.09. The highest BCUT2D eigenvalue weighted by Gasteiger charge is 2.30. The predicted molar refractivity (Wildman–Crippen MR) is 118 cm³/mol. The van der Waals surface area contributed by atoms with Gasteiger partial charge in [0.2, 0.25) is 5.78 Å². The van der Waals surface area contributed by atoms with Crippen LogP contribution in [0.15, 0.2) is 66.4 Å². The summed E-state index contributed by atoms with van der Waals surface area (Å²) in [7, 11) is 1.57. The van der Waals surface area contributed by atoms with Crippen LogP contribution < -0.4 is 14.2 Å². The molecule has 5 nitrogen and oxygen atoms in total. The number of hydrogen-bond acceptors (Lipinski definition) is 5. The molecule has 1 aliphatic heterocycles. The summed E-state index contributed by atoms with van der Waals surface area (Å²) in [4.78, 5) is 25.2. The number of fused-ring (bicyclic) bond motifs is 1. The smallest absolute Gasteiger partial charge is 0.232 e. The molecule has 4 rings (SSSR count). The Morgan fingerprint density at radius 1 is 1.03 bits per heavy atom. The molecule has 0 saturated heterocycles. The summed E-state index contributed by atoms with van der Waals surface area (Å²) in [6.45, 7) is 1.68. The predicted octanol–water partition coefficient (Wildman–Crippen LogP) is 5.53. The van der Waals surface area contributed by atoms with Gasteiger partial charge in [-0.25, -0.2) is 0 Å². The van der Waals surface area contributed by atoms with Crippen LogP contribution >= 0.6 is 11.6 Å². The molecule has 0 radical (unpaired) electrons. The van der Waals surface area contributed by atoms with Crippen LogP contribution in [0.3, 0.4) is 0 Å². The number of ketones is 2. The number of methoxy groups -OCH3 is 1. The first-order chi connectivity index (χ1) is 14.9. The van der Waals surface area contributed by atoms with Crippen LogP contribution in [0.2, 0.25) is 5.02 Å². The number of rotatable bonds is 6. The zero-order valence-electron chi connectivity index (χ0n) is 17.0. The summed E-state index contributed by atoms with van der Waals surface area (Å²) in [6.07, 6.45) is 1.67. The lowest BCUT2D eigenvalue weighted by Gasteiger charge is -2.09. The van der Waals surface area contributed by atoms with Gasteiger partial charge in [-0.05, 0) is 66.6 Å². The molecular weight excluding hydrogens is 416 g/mol. The molecule has 1 heterocycles. The Kier molecular flexibility index (Phi) is 5.78. The molecule has 3 aromatic carbocycles. The van der Waals surface area contributed by atoms with E-state index in [9.17, 15) is 9.59 Å². The highest BCUT2D eigenvalue weighted by atomic mass is 35.5. The molecule has 0 aliphatic carbocycles. The van der Waals surface area contributed by atoms with E-state index < -0.39 is 0 Å². The first-order valence-corrected chi connectivity index (χ1v) is 9.97. The summed E-state index contributed by atoms with van der Waals surface area (Å²) in [5.41, 5.74) is 2.54. The van der Waals surface area contributed by atoms with E-state index in [1.54, 1.807) is 73.8 Å². The van der Waals surface area contributed by atoms with E-state index in [0.717, 1.165) is 5.56 Å². The minimum Gasteiger partial charge on any atom is -0.497 e. The number of ether oxygens (including phenoxy) is 3. The van der Waals surface area contributed by atoms with Crippen molar-refractivity contribution < 1.29 is 23.8 Å². The zero-order chi connectivity index (χ0) is 22.0. The van der Waals surface area contributed by atoms with Crippen molar-refractivity contribution in [3.05, 3.63) is 93.7 Å². The van der Waals surface area contributed by atoms with Crippen molar-refractivity contribution in [3.63, 3.8) is 0 Å². The van der Waals surface area contributed by atoms with Gasteiger partial charge in [-0.3, -0.25) is 9.59 Å². The molecule has 31 heavy (non-hydrogen) atoms. The van der Waals surface area contributed by atoms with Gasteiger partial charge in [0.15, 0.2) is 18.1 Å². The van der Waals surface area contributed by atoms with Crippen molar-refractivity contribution in [3.8, 4) is 17.2 Å². The summed E-state index contributed by atoms with van der Waals surface area (Å²) < 4.78 is 16.6. The number of Topliss-reactive ketones (excluding diaryl/α,β-unsaturated/α-hetero) is 2. The van der Waals surface area contributed by atoms with Crippen LogP contribution in [0.1, 0.15) is 31.8 Å². The van der Waals surface area contributed by atoms with E-state index >= 15 is 0 Å². The number of carbonyl (C=O) groups is 2. The summed E-state index contributed by atoms with van der Waals surface area (Å²) in [5, 5.41) is 0.617. The van der Waals surface area contributed by atoms with Crippen molar-refractivity contribution in [2.75, 3.05) is 13.7 Å². The molecular formula is C25H19ClO5. The minimum absolute atomic E-state index is 0.133. The normalized spacial score (nSPS) is 13.6. The zero-order valence-corrected chi connectivity index (χ0v) is 17.7. The third-order valence-corrected chi connectivity index (χ3v) is 5.15. The van der Waals surface area contributed by atoms with E-state index in [0.29, 0.717) is 39.0 Å². The van der Waals surface area contributed by atoms with Crippen LogP contribution in [-0.4, -0.2) is 25.3 Å². The molecule has 156 valence electrons. The maximum absolute atomic E-state index is 12.8. The summed E-state index contributed by atoms with van der Waals surface area (Å²) >= 11 is 5.91. The Hall–Kier alpha value is -3.57. The molecule has 0 atom stereocenters. The lowest BCUT2D eigenvalue weighted by molar-refractivity contribution is 0.0920. The molecule has 0 saturated carbocycles. The molecule has 0 N–H and O–H groups in total. The third-order valence-electron chi connectivity index (χ3n) is 4.89. The topological polar surface area (TPSA) is 61.8 Å². The van der Waals surface area contributed by atoms with Gasteiger partial charge < -0.3 is 14.2 Å². The Bertz CT molecular complexity index is 1180. The van der Waals surface area contributed by atoms with Crippen LogP contribution in [0.4, 0.5) is 0 Å². The van der Waals surface area contributed by atoms with E-state index in [-0.39, 0.29) is 23.9 Å². The number of carbonyl (C=O) groups excluding carboxylic acids is 2. The fraction of sp³-hybridized carbons (Fsp3) is 0.120. The molecule has 6 heteroatoms. The lowest BCUT2D eigenvalue weighted by Crippen LogP contribution is -2.11. The van der Waals surface area contributed by atoms with Gasteiger partial charge >= 0.3 is 0 Å². The van der Waals surface area contributed by atoms with Crippen molar-refractivity contribution in [2.45, 2.75) is 6.92 Å². The molecule has 0 aromatic heterocycles. The second-order valence-electron chi connectivity index (χ2n) is 7.04. The number of allylic oxidation sites excluding steroid dienone is 1. The summed E-state index contributed by atoms with van der Waals surface area (Å²) in [6, 6.07) is 17.3. The van der Waals surface area contributed by atoms with E-state index in [4.69, 9.17) is 25.8 Å². The quantitative estimate of drug-likeness (QED) is 0.377. The van der Waals surface area contributed by atoms with Gasteiger partial charge in [-0.2, -0.15) is 0 Å². The molecule has 0 fully saturated rings. The Balaban J connectivity index is 1.49. The monoisotopic (exact) mass is 434 g/mol. The summed E-state index contributed by atoms with van der Waals surface area (Å²) in [5.74, 6) is 1.42. The first-order valence-electron chi connectivity index (χ1n) is 9.59. The molecule has 3 aromatic rings. The number of halogens is 1. The van der Waals surface area contributed by atoms with Crippen LogP contribution in [0.5, 0.6) is 17.2 Å². The van der Waals surface area contributed by atoms with Crippen molar-refractivity contribution in [2.24, 2.45) is 0 Å². The third kappa shape index (κ3) is 4.47. The van der Waals surface area contributed by atoms with Gasteiger partial charge in [-0.1, -0.05) is 23.7 Å². The molecule has 1 aliphatic rings. The standard InChI is InChI=1S/C25H19ClO5/c1-15-11-20(30-14-21(27)17-5-9-19(29-2)10-6-17)13-22-24(15)25(28)23(31-22)12-16-3-7-18(26)8-4-16/h3-13H,14H2,1-2H3/b23-12-. The van der Waals surface area contributed by atoms with Gasteiger partial charge in [0.1, 0.15) is 17.2 Å². The second-order valence-corrected chi connectivity index (χ2v) is 7.48. The van der Waals surface area contributed by atoms with Crippen LogP contribution in [-0.2, 0) is 0 Å². The highest BCUT2D eigenvalue weighted by Crippen LogP contribution is 2.37. The average molecular weight is 435 g/mol. The number of hydrogen-bond donors (Lipinski definition) is 0. The Morgan fingerprint density at radius 3 is 2.42 bits per heavy atom. The largest absolute Gasteiger partial charge is 0.497 e. The minimum atomic E-state index is -0.191. The Labute approximate surface area is 184 Å². The van der Waals surface area contributed by atoms with Gasteiger partial charge in [0.05, 0.1) is 12.7 Å². The van der Waals surface area contributed by atoms with E-state index in [1.165, 1.54) is 0 Å². The molecule has 0 spiro atoms. The molecule has 0 amide bonds. The van der Waals surface area contributed by atoms with Gasteiger partial charge in [-0.15, -0.1) is 0 Å². The van der Waals surface area contributed by atoms with Crippen molar-refractivity contribution in [1.29, 1.82) is 0 Å². The van der Waals surface area contributed by atoms with Crippen LogP contribution in [0.25, 0.3) is 6.08 Å². The maximum atomic E-state index is 12.8. The maximum Gasteiger partial charge on any atom is 0.232 e. The van der Waals surface area contributed by atoms with Gasteiger partial charge in [0, 0.05) is 16.7 Å². The number of benzene rings is 3. The van der Waals surface area contributed by atoms with E-state index in [2.05, 4.69) is 0 Å². The lowest BCUT2D eigenvalue weighted by atomic mass is 10.0. The molecule has 0 bridgehead atoms. The fourth-order valence-electron chi connectivity index (χ4n) is 3.28. The fourth-order valence-corrected chi connectivity index (χ4v) is 3.41. The highest BCUT2D eigenvalue weighted by molar-refractivity contribution is 6.30. The number of aryl methyl sites for hydroxylation is 1.